The fourth-order valence-electron chi connectivity index (χ4n) is 1.11. The smallest absolute Gasteiger partial charge is 0.0962 e. The second-order valence-electron chi connectivity index (χ2n) is 2.88. The number of nitrogens with zero attached hydrogens (tertiary/aromatic N) is 1. The summed E-state index contributed by atoms with van der Waals surface area (Å²) in [5.74, 6) is 0. The summed E-state index contributed by atoms with van der Waals surface area (Å²) in [6.07, 6.45) is 0.595. The fraction of sp³-hybridized carbons (Fsp3) is 0.182. The summed E-state index contributed by atoms with van der Waals surface area (Å²) in [4.78, 5) is 0. The van der Waals surface area contributed by atoms with Gasteiger partial charge >= 0.3 is 0 Å². The molecule has 4 heteroatoms. The first-order valence-electron chi connectivity index (χ1n) is 4.34. The molecule has 0 saturated heterocycles. The molecule has 0 spiro atoms. The van der Waals surface area contributed by atoms with E-state index in [0.29, 0.717) is 27.6 Å². The van der Waals surface area contributed by atoms with E-state index in [4.69, 9.17) is 28.5 Å². The van der Waals surface area contributed by atoms with Crippen LogP contribution in [-0.2, 0) is 0 Å². The summed E-state index contributed by atoms with van der Waals surface area (Å²) in [6.45, 7) is 1.88. The molecule has 0 bridgehead atoms. The van der Waals surface area contributed by atoms with Gasteiger partial charge in [0.05, 0.1) is 11.1 Å². The van der Waals surface area contributed by atoms with E-state index in [2.05, 4.69) is 22.0 Å². The third kappa shape index (κ3) is 2.98. The van der Waals surface area contributed by atoms with Gasteiger partial charge in [-0.15, -0.1) is 0 Å². The first-order chi connectivity index (χ1) is 7.10. The molecule has 0 radical (unpaired) electrons. The van der Waals surface area contributed by atoms with E-state index in [1.54, 1.807) is 12.1 Å². The average molecular weight is 305 g/mol. The quantitative estimate of drug-likeness (QED) is 0.706. The zero-order chi connectivity index (χ0) is 11.4. The van der Waals surface area contributed by atoms with E-state index >= 15 is 0 Å². The molecule has 0 fully saturated rings. The number of halogens is 3. The van der Waals surface area contributed by atoms with Gasteiger partial charge in [0.25, 0.3) is 0 Å². The molecule has 1 rings (SSSR count). The Kier molecular flexibility index (Phi) is 4.66. The van der Waals surface area contributed by atoms with Crippen LogP contribution in [0.3, 0.4) is 0 Å². The summed E-state index contributed by atoms with van der Waals surface area (Å²) in [5, 5.41) is 9.84. The Morgan fingerprint density at radius 2 is 2.20 bits per heavy atom. The van der Waals surface area contributed by atoms with E-state index in [1.807, 2.05) is 13.0 Å². The number of hydrogen-bond donors (Lipinski definition) is 0. The molecule has 0 unspecified atom stereocenters. The van der Waals surface area contributed by atoms with Crippen LogP contribution < -0.4 is 0 Å². The Morgan fingerprint density at radius 1 is 1.53 bits per heavy atom. The Hall–Kier alpha value is -0.490. The standard InChI is InChI=1S/C11H8BrCl2N/c1-2-7(6-15)11(14)9-5-8(12)3-4-10(9)13/h3-5H,2H2,1H3/b11-7-. The predicted molar refractivity (Wildman–Crippen MR) is 67.8 cm³/mol. The predicted octanol–water partition coefficient (Wildman–Crippen LogP) is 4.99. The number of nitriles is 1. The van der Waals surface area contributed by atoms with Crippen molar-refractivity contribution < 1.29 is 0 Å². The van der Waals surface area contributed by atoms with Gasteiger partial charge in [0.2, 0.25) is 0 Å². The first kappa shape index (κ1) is 12.6. The van der Waals surface area contributed by atoms with Crippen LogP contribution in [0, 0.1) is 11.3 Å². The van der Waals surface area contributed by atoms with E-state index in [-0.39, 0.29) is 0 Å². The number of rotatable bonds is 2. The van der Waals surface area contributed by atoms with Crippen molar-refractivity contribution in [2.75, 3.05) is 0 Å². The Balaban J connectivity index is 3.34. The summed E-state index contributed by atoms with van der Waals surface area (Å²) >= 11 is 15.4. The molecule has 0 saturated carbocycles. The average Bonchev–Trinajstić information content (AvgIpc) is 2.23. The topological polar surface area (TPSA) is 23.8 Å². The zero-order valence-corrected chi connectivity index (χ0v) is 11.1. The monoisotopic (exact) mass is 303 g/mol. The van der Waals surface area contributed by atoms with Crippen molar-refractivity contribution in [1.29, 1.82) is 5.26 Å². The highest BCUT2D eigenvalue weighted by Crippen LogP contribution is 2.32. The van der Waals surface area contributed by atoms with E-state index in [0.717, 1.165) is 4.47 Å². The van der Waals surface area contributed by atoms with E-state index < -0.39 is 0 Å². The van der Waals surface area contributed by atoms with Gasteiger partial charge in [0.1, 0.15) is 0 Å². The van der Waals surface area contributed by atoms with Crippen molar-refractivity contribution in [2.45, 2.75) is 13.3 Å². The van der Waals surface area contributed by atoms with Gasteiger partial charge in [-0.05, 0) is 24.6 Å². The van der Waals surface area contributed by atoms with E-state index in [1.165, 1.54) is 0 Å². The molecule has 78 valence electrons. The molecule has 0 aromatic heterocycles. The number of hydrogen-bond acceptors (Lipinski definition) is 1. The lowest BCUT2D eigenvalue weighted by Gasteiger charge is -2.05. The first-order valence-corrected chi connectivity index (χ1v) is 5.89. The highest BCUT2D eigenvalue weighted by atomic mass is 79.9. The second kappa shape index (κ2) is 5.55. The molecule has 0 heterocycles. The maximum atomic E-state index is 8.87. The van der Waals surface area contributed by atoms with Crippen LogP contribution in [0.5, 0.6) is 0 Å². The Labute approximate surface area is 107 Å². The molecule has 0 amide bonds. The van der Waals surface area contributed by atoms with Crippen molar-refractivity contribution >= 4 is 44.2 Å². The van der Waals surface area contributed by atoms with Gasteiger partial charge in [0.15, 0.2) is 0 Å². The van der Waals surface area contributed by atoms with Gasteiger partial charge in [-0.25, -0.2) is 0 Å². The van der Waals surface area contributed by atoms with Gasteiger partial charge in [-0.1, -0.05) is 46.1 Å². The van der Waals surface area contributed by atoms with Gasteiger partial charge < -0.3 is 0 Å². The van der Waals surface area contributed by atoms with Crippen LogP contribution in [0.2, 0.25) is 5.02 Å². The van der Waals surface area contributed by atoms with Crippen molar-refractivity contribution in [3.05, 3.63) is 38.8 Å². The third-order valence-corrected chi connectivity index (χ3v) is 3.17. The summed E-state index contributed by atoms with van der Waals surface area (Å²) in [5.41, 5.74) is 1.22. The zero-order valence-electron chi connectivity index (χ0n) is 8.02. The lowest BCUT2D eigenvalue weighted by Crippen LogP contribution is -1.85. The largest absolute Gasteiger partial charge is 0.193 e. The lowest BCUT2D eigenvalue weighted by molar-refractivity contribution is 1.16. The number of allylic oxidation sites excluding steroid dienone is 1. The Bertz CT molecular complexity index is 446. The van der Waals surface area contributed by atoms with Crippen LogP contribution in [-0.4, -0.2) is 0 Å². The minimum absolute atomic E-state index is 0.423. The minimum Gasteiger partial charge on any atom is -0.193 e. The Morgan fingerprint density at radius 3 is 2.73 bits per heavy atom. The van der Waals surface area contributed by atoms with Crippen LogP contribution in [0.4, 0.5) is 0 Å². The van der Waals surface area contributed by atoms with Crippen molar-refractivity contribution in [3.8, 4) is 6.07 Å². The molecular weight excluding hydrogens is 297 g/mol. The maximum Gasteiger partial charge on any atom is 0.0962 e. The molecule has 0 N–H and O–H groups in total. The highest BCUT2D eigenvalue weighted by Gasteiger charge is 2.09. The molecule has 0 aliphatic heterocycles. The van der Waals surface area contributed by atoms with Gasteiger partial charge in [-0.3, -0.25) is 0 Å². The normalized spacial score (nSPS) is 11.9. The molecular formula is C11H8BrCl2N. The van der Waals surface area contributed by atoms with Crippen LogP contribution in [0.25, 0.3) is 5.03 Å². The SMILES string of the molecule is CC/C(C#N)=C(/Cl)c1cc(Br)ccc1Cl. The molecule has 15 heavy (non-hydrogen) atoms. The molecule has 1 aromatic carbocycles. The summed E-state index contributed by atoms with van der Waals surface area (Å²) in [6, 6.07) is 7.45. The maximum absolute atomic E-state index is 8.87. The molecule has 0 atom stereocenters. The number of benzene rings is 1. The summed E-state index contributed by atoms with van der Waals surface area (Å²) < 4.78 is 0.883. The minimum atomic E-state index is 0.423. The highest BCUT2D eigenvalue weighted by molar-refractivity contribution is 9.10. The summed E-state index contributed by atoms with van der Waals surface area (Å²) in [7, 11) is 0. The van der Waals surface area contributed by atoms with E-state index in [9.17, 15) is 0 Å². The van der Waals surface area contributed by atoms with Crippen molar-refractivity contribution in [1.82, 2.24) is 0 Å². The molecule has 1 aromatic rings. The van der Waals surface area contributed by atoms with Gasteiger partial charge in [-0.2, -0.15) is 5.26 Å². The van der Waals surface area contributed by atoms with Crippen LogP contribution in [0.1, 0.15) is 18.9 Å². The fourth-order valence-corrected chi connectivity index (χ4v) is 2.07. The lowest BCUT2D eigenvalue weighted by atomic mass is 10.1. The van der Waals surface area contributed by atoms with Crippen LogP contribution >= 0.6 is 39.1 Å². The molecule has 1 nitrogen and oxygen atoms in total. The van der Waals surface area contributed by atoms with Gasteiger partial charge in [0, 0.05) is 20.6 Å². The van der Waals surface area contributed by atoms with Crippen LogP contribution in [0.15, 0.2) is 28.2 Å². The third-order valence-electron chi connectivity index (χ3n) is 1.92. The second-order valence-corrected chi connectivity index (χ2v) is 4.58. The molecule has 0 aliphatic rings. The molecule has 0 aliphatic carbocycles. The van der Waals surface area contributed by atoms with Crippen molar-refractivity contribution in [2.24, 2.45) is 0 Å². The van der Waals surface area contributed by atoms with Crippen molar-refractivity contribution in [3.63, 3.8) is 0 Å².